The van der Waals surface area contributed by atoms with E-state index in [1.54, 1.807) is 0 Å². The van der Waals surface area contributed by atoms with Gasteiger partial charge in [-0.1, -0.05) is 347 Å². The Hall–Kier alpha value is -4.31. The van der Waals surface area contributed by atoms with E-state index < -0.39 is 24.3 Å². The summed E-state index contributed by atoms with van der Waals surface area (Å²) in [6, 6.07) is 0. The molecule has 0 aromatic rings. The number of hydrogen-bond acceptors (Lipinski definition) is 7. The number of aliphatic carboxylic acids is 1. The summed E-state index contributed by atoms with van der Waals surface area (Å²) in [6.45, 7) is 4.78. The Morgan fingerprint density at radius 2 is 0.600 bits per heavy atom. The monoisotopic (exact) mass is 1330 g/mol. The molecule has 1 N–H and O–H groups in total. The maximum Gasteiger partial charge on any atom is 0.361 e. The number of carbonyl (C=O) groups excluding carboxylic acids is 2. The summed E-state index contributed by atoms with van der Waals surface area (Å²) in [6.07, 6.45) is 105. The number of hydrogen-bond donors (Lipinski definition) is 1. The largest absolute Gasteiger partial charge is 0.477 e. The lowest BCUT2D eigenvalue weighted by Gasteiger charge is -2.25. The number of nitrogens with zero attached hydrogens (tertiary/aromatic N) is 1. The SMILES string of the molecule is CC/C=C\C/C=C\C/C=C\C/C=C\C/C=C\C/C=C\C/C=C\CCCCCCCCCCCCCC(=O)OC(COC(=O)CCCCCCCCCCCCCCCCCCCCCCCC/C=C\C/C=C\C/C=C\CCCCCCC)COC(OCC[N+](C)(C)C)C(=O)O. The fraction of sp³-hybridized carbons (Fsp3) is 0.733. The smallest absolute Gasteiger partial charge is 0.361 e. The number of quaternary nitrogens is 1. The second-order valence-electron chi connectivity index (χ2n) is 27.6. The van der Waals surface area contributed by atoms with Gasteiger partial charge in [0.2, 0.25) is 0 Å². The van der Waals surface area contributed by atoms with Crippen LogP contribution in [0.4, 0.5) is 0 Å². The van der Waals surface area contributed by atoms with Gasteiger partial charge in [-0.15, -0.1) is 0 Å². The molecule has 0 aromatic heterocycles. The predicted octanol–water partition coefficient (Wildman–Crippen LogP) is 25.5. The minimum atomic E-state index is -1.52. The molecular weight excluding hydrogens is 1170 g/mol. The molecule has 0 saturated carbocycles. The summed E-state index contributed by atoms with van der Waals surface area (Å²) in [4.78, 5) is 37.7. The Balaban J connectivity index is 4.04. The van der Waals surface area contributed by atoms with Crippen LogP contribution in [0.25, 0.3) is 0 Å². The zero-order valence-corrected chi connectivity index (χ0v) is 62.6. The third kappa shape index (κ3) is 76.9. The van der Waals surface area contributed by atoms with Gasteiger partial charge in [0.25, 0.3) is 6.29 Å². The molecule has 0 aromatic carbocycles. The van der Waals surface area contributed by atoms with Crippen LogP contribution in [0.1, 0.15) is 348 Å². The van der Waals surface area contributed by atoms with E-state index in [2.05, 4.69) is 135 Å². The van der Waals surface area contributed by atoms with Gasteiger partial charge in [-0.25, -0.2) is 4.79 Å². The van der Waals surface area contributed by atoms with Crippen molar-refractivity contribution in [3.8, 4) is 0 Å². The Bertz CT molecular complexity index is 1980. The Kier molecular flexibility index (Phi) is 72.0. The van der Waals surface area contributed by atoms with Gasteiger partial charge in [0.1, 0.15) is 13.2 Å². The van der Waals surface area contributed by atoms with Crippen LogP contribution in [0.15, 0.2) is 122 Å². The van der Waals surface area contributed by atoms with E-state index in [-0.39, 0.29) is 32.2 Å². The summed E-state index contributed by atoms with van der Waals surface area (Å²) < 4.78 is 23.0. The number of carboxylic acid groups (broad SMARTS) is 1. The van der Waals surface area contributed by atoms with Crippen molar-refractivity contribution in [2.75, 3.05) is 47.5 Å². The standard InChI is InChI=1S/C86H149NO8/c1-6-8-10-12-14-16-18-20-22-24-26-28-30-32-34-36-38-40-41-42-43-45-46-48-50-52-54-56-58-60-62-64-66-68-70-72-74-76-83(88)93-80-82(81-94-86(85(90)91)92-79-78-87(3,4)5)95-84(89)77-75-73-71-69-67-65-63-61-59-57-55-53-51-49-47-44-39-37-35-33-31-29-27-25-23-21-19-17-15-13-11-9-7-2/h9,11,15,17-18,20-21,23-24,26-27,29-30,32-33,35,39,44,49,51,82,86H,6-8,10,12-14,16,19,22,25,28,31,34,36-38,40-43,45-48,50,52-81H2,1-5H3/p+1/b11-9-,17-15-,20-18-,23-21-,26-24-,29-27-,32-30-,35-33-,44-39-,51-49-. The Labute approximate surface area is 587 Å². The van der Waals surface area contributed by atoms with Crippen LogP contribution >= 0.6 is 0 Å². The van der Waals surface area contributed by atoms with Gasteiger partial charge in [0.05, 0.1) is 34.4 Å². The summed E-state index contributed by atoms with van der Waals surface area (Å²) in [5.74, 6) is -2.00. The van der Waals surface area contributed by atoms with E-state index in [9.17, 15) is 19.5 Å². The van der Waals surface area contributed by atoms with Gasteiger partial charge in [0.15, 0.2) is 6.10 Å². The van der Waals surface area contributed by atoms with Crippen molar-refractivity contribution in [1.29, 1.82) is 0 Å². The minimum Gasteiger partial charge on any atom is -0.477 e. The molecule has 0 aliphatic carbocycles. The number of carbonyl (C=O) groups is 3. The highest BCUT2D eigenvalue weighted by Crippen LogP contribution is 2.18. The first-order valence-electron chi connectivity index (χ1n) is 39.7. The first-order chi connectivity index (χ1) is 46.6. The molecule has 0 rings (SSSR count). The van der Waals surface area contributed by atoms with Gasteiger partial charge in [-0.2, -0.15) is 0 Å². The van der Waals surface area contributed by atoms with E-state index in [1.165, 1.54) is 212 Å². The van der Waals surface area contributed by atoms with Crippen LogP contribution in [-0.4, -0.2) is 87.4 Å². The molecule has 0 aliphatic rings. The van der Waals surface area contributed by atoms with Gasteiger partial charge < -0.3 is 28.5 Å². The van der Waals surface area contributed by atoms with Crippen molar-refractivity contribution in [3.05, 3.63) is 122 Å². The Morgan fingerprint density at radius 3 is 0.895 bits per heavy atom. The molecule has 9 nitrogen and oxygen atoms in total. The summed E-state index contributed by atoms with van der Waals surface area (Å²) in [5.41, 5.74) is 0. The van der Waals surface area contributed by atoms with Crippen molar-refractivity contribution in [2.45, 2.75) is 360 Å². The number of rotatable bonds is 73. The lowest BCUT2D eigenvalue weighted by Crippen LogP contribution is -2.40. The van der Waals surface area contributed by atoms with E-state index in [0.717, 1.165) is 103 Å². The van der Waals surface area contributed by atoms with Gasteiger partial charge in [-0.05, 0) is 109 Å². The molecule has 2 unspecified atom stereocenters. The number of carboxylic acids is 1. The van der Waals surface area contributed by atoms with Crippen LogP contribution in [0.2, 0.25) is 0 Å². The van der Waals surface area contributed by atoms with Crippen LogP contribution in [0.5, 0.6) is 0 Å². The maximum absolute atomic E-state index is 13.0. The van der Waals surface area contributed by atoms with Crippen molar-refractivity contribution in [1.82, 2.24) is 0 Å². The fourth-order valence-corrected chi connectivity index (χ4v) is 11.2. The van der Waals surface area contributed by atoms with Gasteiger partial charge >= 0.3 is 17.9 Å². The summed E-state index contributed by atoms with van der Waals surface area (Å²) >= 11 is 0. The van der Waals surface area contributed by atoms with Gasteiger partial charge in [0, 0.05) is 12.8 Å². The van der Waals surface area contributed by atoms with E-state index >= 15 is 0 Å². The molecule has 0 amide bonds. The van der Waals surface area contributed by atoms with E-state index in [1.807, 2.05) is 21.1 Å². The average molecular weight is 1330 g/mol. The number of unbranched alkanes of at least 4 members (excludes halogenated alkanes) is 38. The highest BCUT2D eigenvalue weighted by atomic mass is 16.7. The van der Waals surface area contributed by atoms with Crippen molar-refractivity contribution >= 4 is 17.9 Å². The van der Waals surface area contributed by atoms with Crippen molar-refractivity contribution in [2.24, 2.45) is 0 Å². The highest BCUT2D eigenvalue weighted by molar-refractivity contribution is 5.71. The zero-order valence-electron chi connectivity index (χ0n) is 62.6. The highest BCUT2D eigenvalue weighted by Gasteiger charge is 2.25. The average Bonchev–Trinajstić information content (AvgIpc) is 3.75. The van der Waals surface area contributed by atoms with E-state index in [0.29, 0.717) is 23.9 Å². The number of esters is 2. The van der Waals surface area contributed by atoms with Crippen molar-refractivity contribution < 1.29 is 42.9 Å². The first-order valence-corrected chi connectivity index (χ1v) is 39.7. The minimum absolute atomic E-state index is 0.184. The Morgan fingerprint density at radius 1 is 0.326 bits per heavy atom. The zero-order chi connectivity index (χ0) is 69.0. The topological polar surface area (TPSA) is 108 Å². The van der Waals surface area contributed by atoms with Crippen molar-refractivity contribution in [3.63, 3.8) is 0 Å². The molecule has 0 spiro atoms. The second-order valence-corrected chi connectivity index (χ2v) is 27.6. The molecule has 0 bridgehead atoms. The molecule has 0 heterocycles. The lowest BCUT2D eigenvalue weighted by molar-refractivity contribution is -0.870. The lowest BCUT2D eigenvalue weighted by atomic mass is 10.0. The molecule has 95 heavy (non-hydrogen) atoms. The first kappa shape index (κ1) is 90.7. The molecule has 0 aliphatic heterocycles. The summed E-state index contributed by atoms with van der Waals surface area (Å²) in [7, 11) is 5.98. The third-order valence-electron chi connectivity index (χ3n) is 17.2. The summed E-state index contributed by atoms with van der Waals surface area (Å²) in [5, 5.41) is 9.77. The third-order valence-corrected chi connectivity index (χ3v) is 17.2. The predicted molar refractivity (Wildman–Crippen MR) is 410 cm³/mol. The molecule has 546 valence electrons. The van der Waals surface area contributed by atoms with E-state index in [4.69, 9.17) is 18.9 Å². The van der Waals surface area contributed by atoms with Crippen LogP contribution < -0.4 is 0 Å². The van der Waals surface area contributed by atoms with Gasteiger partial charge in [-0.3, -0.25) is 9.59 Å². The molecule has 9 heteroatoms. The fourth-order valence-electron chi connectivity index (χ4n) is 11.2. The second kappa shape index (κ2) is 75.5. The quantitative estimate of drug-likeness (QED) is 0.0211. The van der Waals surface area contributed by atoms with Crippen LogP contribution in [0.3, 0.4) is 0 Å². The number of ether oxygens (including phenoxy) is 4. The van der Waals surface area contributed by atoms with Crippen LogP contribution in [0, 0.1) is 0 Å². The number of likely N-dealkylation sites (N-methyl/N-ethyl adjacent to an activating group) is 1. The normalized spacial score (nSPS) is 13.3. The number of allylic oxidation sites excluding steroid dienone is 20. The molecular formula is C86H150NO8+. The molecule has 0 radical (unpaired) electrons. The molecule has 0 fully saturated rings. The maximum atomic E-state index is 13.0. The molecule has 0 saturated heterocycles. The van der Waals surface area contributed by atoms with Crippen LogP contribution in [-0.2, 0) is 33.3 Å². The molecule has 2 atom stereocenters.